The number of hydrogen-bond donors (Lipinski definition) is 1. The van der Waals surface area contributed by atoms with E-state index < -0.39 is 0 Å². The van der Waals surface area contributed by atoms with Crippen LogP contribution in [0.15, 0.2) is 6.20 Å². The molecule has 0 aromatic carbocycles. The van der Waals surface area contributed by atoms with Crippen LogP contribution in [0.1, 0.15) is 25.5 Å². The van der Waals surface area contributed by atoms with Gasteiger partial charge >= 0.3 is 0 Å². The molecule has 90 valence electrons. The Balaban J connectivity index is 1.68. The number of likely N-dealkylation sites (tertiary alicyclic amines) is 1. The first-order valence-electron chi connectivity index (χ1n) is 6.05. The fourth-order valence-corrected chi connectivity index (χ4v) is 2.17. The molecule has 1 fully saturated rings. The lowest BCUT2D eigenvalue weighted by molar-refractivity contribution is 0.298. The molecule has 0 bridgehead atoms. The van der Waals surface area contributed by atoms with E-state index in [9.17, 15) is 0 Å². The largest absolute Gasteiger partial charge is 0.307 e. The van der Waals surface area contributed by atoms with Crippen LogP contribution in [0, 0.1) is 0 Å². The molecule has 1 aliphatic rings. The van der Waals surface area contributed by atoms with Crippen molar-refractivity contribution in [3.63, 3.8) is 0 Å². The van der Waals surface area contributed by atoms with Crippen LogP contribution in [-0.4, -0.2) is 45.6 Å². The van der Waals surface area contributed by atoms with E-state index in [1.807, 2.05) is 13.2 Å². The summed E-state index contributed by atoms with van der Waals surface area (Å²) in [6.07, 6.45) is 4.67. The Hall–Kier alpha value is -0.940. The van der Waals surface area contributed by atoms with Gasteiger partial charge in [0, 0.05) is 32.4 Å². The second-order valence-corrected chi connectivity index (χ2v) is 4.67. The second kappa shape index (κ2) is 5.41. The normalized spacial score (nSPS) is 19.1. The monoisotopic (exact) mass is 223 g/mol. The molecular formula is C11H21N5. The van der Waals surface area contributed by atoms with Crippen molar-refractivity contribution in [2.75, 3.05) is 19.6 Å². The van der Waals surface area contributed by atoms with Crippen LogP contribution in [0.3, 0.4) is 0 Å². The van der Waals surface area contributed by atoms with Gasteiger partial charge in [-0.25, -0.2) is 0 Å². The Kier molecular flexibility index (Phi) is 3.90. The first kappa shape index (κ1) is 11.5. The van der Waals surface area contributed by atoms with Crippen LogP contribution in [0.5, 0.6) is 0 Å². The van der Waals surface area contributed by atoms with Gasteiger partial charge in [0.05, 0.1) is 5.69 Å². The van der Waals surface area contributed by atoms with E-state index in [1.54, 1.807) is 4.68 Å². The molecule has 16 heavy (non-hydrogen) atoms. The summed E-state index contributed by atoms with van der Waals surface area (Å²) in [5.41, 5.74) is 1.01. The van der Waals surface area contributed by atoms with E-state index in [-0.39, 0.29) is 0 Å². The molecule has 2 heterocycles. The molecule has 0 aliphatic carbocycles. The fourth-order valence-electron chi connectivity index (χ4n) is 2.17. The van der Waals surface area contributed by atoms with Crippen molar-refractivity contribution in [2.45, 2.75) is 32.4 Å². The maximum atomic E-state index is 4.06. The molecule has 5 nitrogen and oxygen atoms in total. The highest BCUT2D eigenvalue weighted by molar-refractivity contribution is 4.91. The van der Waals surface area contributed by atoms with Gasteiger partial charge in [0.15, 0.2) is 0 Å². The van der Waals surface area contributed by atoms with Gasteiger partial charge in [-0.3, -0.25) is 4.68 Å². The number of rotatable bonds is 5. The Morgan fingerprint density at radius 2 is 2.19 bits per heavy atom. The summed E-state index contributed by atoms with van der Waals surface area (Å²) in [7, 11) is 1.89. The van der Waals surface area contributed by atoms with Crippen molar-refractivity contribution in [3.8, 4) is 0 Å². The average Bonchev–Trinajstić information content (AvgIpc) is 2.87. The van der Waals surface area contributed by atoms with Crippen molar-refractivity contribution >= 4 is 0 Å². The maximum absolute atomic E-state index is 4.06. The van der Waals surface area contributed by atoms with Crippen molar-refractivity contribution in [3.05, 3.63) is 11.9 Å². The number of nitrogens with one attached hydrogen (secondary N) is 1. The Morgan fingerprint density at radius 3 is 2.81 bits per heavy atom. The number of hydrogen-bond acceptors (Lipinski definition) is 4. The van der Waals surface area contributed by atoms with Crippen LogP contribution >= 0.6 is 0 Å². The Labute approximate surface area is 96.8 Å². The van der Waals surface area contributed by atoms with Gasteiger partial charge in [-0.15, -0.1) is 5.10 Å². The first-order chi connectivity index (χ1) is 7.74. The number of nitrogens with zero attached hydrogens (tertiary/aromatic N) is 4. The van der Waals surface area contributed by atoms with E-state index in [2.05, 4.69) is 27.5 Å². The predicted molar refractivity (Wildman–Crippen MR) is 63.0 cm³/mol. The van der Waals surface area contributed by atoms with Crippen molar-refractivity contribution < 1.29 is 0 Å². The molecule has 0 spiro atoms. The second-order valence-electron chi connectivity index (χ2n) is 4.67. The van der Waals surface area contributed by atoms with Crippen molar-refractivity contribution in [1.82, 2.24) is 25.2 Å². The third-order valence-electron chi connectivity index (χ3n) is 3.01. The molecule has 1 N–H and O–H groups in total. The van der Waals surface area contributed by atoms with E-state index >= 15 is 0 Å². The van der Waals surface area contributed by atoms with Crippen LogP contribution in [-0.2, 0) is 13.6 Å². The summed E-state index contributed by atoms with van der Waals surface area (Å²) in [5, 5.41) is 11.5. The highest BCUT2D eigenvalue weighted by Gasteiger charge is 2.14. The molecule has 0 amide bonds. The minimum atomic E-state index is 0.514. The molecule has 1 aliphatic heterocycles. The van der Waals surface area contributed by atoms with Gasteiger partial charge in [0.1, 0.15) is 0 Å². The van der Waals surface area contributed by atoms with E-state index in [1.165, 1.54) is 25.9 Å². The zero-order valence-electron chi connectivity index (χ0n) is 10.2. The van der Waals surface area contributed by atoms with Gasteiger partial charge in [0.25, 0.3) is 0 Å². The minimum absolute atomic E-state index is 0.514. The lowest BCUT2D eigenvalue weighted by Crippen LogP contribution is -2.37. The van der Waals surface area contributed by atoms with Crippen molar-refractivity contribution in [1.29, 1.82) is 0 Å². The quantitative estimate of drug-likeness (QED) is 0.784. The predicted octanol–water partition coefficient (Wildman–Crippen LogP) is 0.389. The molecule has 5 heteroatoms. The summed E-state index contributed by atoms with van der Waals surface area (Å²) in [6, 6.07) is 0.514. The summed E-state index contributed by atoms with van der Waals surface area (Å²) in [5.74, 6) is 0. The Bertz CT molecular complexity index is 316. The van der Waals surface area contributed by atoms with Crippen LogP contribution in [0.25, 0.3) is 0 Å². The Morgan fingerprint density at radius 1 is 1.44 bits per heavy atom. The van der Waals surface area contributed by atoms with Gasteiger partial charge < -0.3 is 10.2 Å². The molecular weight excluding hydrogens is 202 g/mol. The molecule has 1 aromatic heterocycles. The fraction of sp³-hybridized carbons (Fsp3) is 0.818. The van der Waals surface area contributed by atoms with Gasteiger partial charge in [-0.2, -0.15) is 0 Å². The summed E-state index contributed by atoms with van der Waals surface area (Å²) in [4.78, 5) is 2.52. The molecule has 0 radical (unpaired) electrons. The third-order valence-corrected chi connectivity index (χ3v) is 3.01. The summed E-state index contributed by atoms with van der Waals surface area (Å²) in [6.45, 7) is 6.70. The standard InChI is InChI=1S/C11H21N5/c1-10(8-16-5-3-4-6-16)12-7-11-9-15(2)14-13-11/h9-10,12H,3-8H2,1-2H3. The summed E-state index contributed by atoms with van der Waals surface area (Å²) >= 11 is 0. The van der Waals surface area contributed by atoms with Crippen LogP contribution < -0.4 is 5.32 Å². The maximum Gasteiger partial charge on any atom is 0.0964 e. The lowest BCUT2D eigenvalue weighted by atomic mass is 10.3. The van der Waals surface area contributed by atoms with Gasteiger partial charge in [-0.05, 0) is 32.9 Å². The van der Waals surface area contributed by atoms with Gasteiger partial charge in [0.2, 0.25) is 0 Å². The van der Waals surface area contributed by atoms with Crippen LogP contribution in [0.4, 0.5) is 0 Å². The molecule has 1 atom stereocenters. The molecule has 2 rings (SSSR count). The zero-order valence-corrected chi connectivity index (χ0v) is 10.2. The van der Waals surface area contributed by atoms with Crippen molar-refractivity contribution in [2.24, 2.45) is 7.05 Å². The van der Waals surface area contributed by atoms with Crippen LogP contribution in [0.2, 0.25) is 0 Å². The highest BCUT2D eigenvalue weighted by atomic mass is 15.4. The summed E-state index contributed by atoms with van der Waals surface area (Å²) < 4.78 is 1.74. The zero-order chi connectivity index (χ0) is 11.4. The van der Waals surface area contributed by atoms with E-state index in [0.29, 0.717) is 6.04 Å². The topological polar surface area (TPSA) is 46.0 Å². The molecule has 1 saturated heterocycles. The minimum Gasteiger partial charge on any atom is -0.307 e. The van der Waals surface area contributed by atoms with E-state index in [4.69, 9.17) is 0 Å². The SMILES string of the molecule is CC(CN1CCCC1)NCc1cn(C)nn1. The third kappa shape index (κ3) is 3.28. The lowest BCUT2D eigenvalue weighted by Gasteiger charge is -2.20. The smallest absolute Gasteiger partial charge is 0.0964 e. The number of aryl methyl sites for hydroxylation is 1. The molecule has 1 unspecified atom stereocenters. The highest BCUT2D eigenvalue weighted by Crippen LogP contribution is 2.07. The first-order valence-corrected chi connectivity index (χ1v) is 6.05. The molecule has 0 saturated carbocycles. The van der Waals surface area contributed by atoms with E-state index in [0.717, 1.165) is 18.8 Å². The number of aromatic nitrogens is 3. The average molecular weight is 223 g/mol. The molecule has 1 aromatic rings. The van der Waals surface area contributed by atoms with Gasteiger partial charge in [-0.1, -0.05) is 5.21 Å².